The van der Waals surface area contributed by atoms with Crippen LogP contribution in [0.3, 0.4) is 0 Å². The molecular weight excluding hydrogens is 260 g/mol. The number of halogens is 1. The molecule has 0 heterocycles. The van der Waals surface area contributed by atoms with Crippen LogP contribution in [0.5, 0.6) is 17.2 Å². The first-order chi connectivity index (χ1) is 9.24. The highest BCUT2D eigenvalue weighted by molar-refractivity contribution is 6.31. The molecule has 94 valence electrons. The number of benzene rings is 3. The normalized spacial score (nSPS) is 10.6. The predicted molar refractivity (Wildman–Crippen MR) is 77.1 cm³/mol. The van der Waals surface area contributed by atoms with Gasteiger partial charge in [-0.1, -0.05) is 35.9 Å². The number of hydrogen-bond acceptors (Lipinski definition) is 2. The molecule has 0 aliphatic rings. The van der Waals surface area contributed by atoms with E-state index in [2.05, 4.69) is 0 Å². The minimum absolute atomic E-state index is 0.119. The summed E-state index contributed by atoms with van der Waals surface area (Å²) in [6.07, 6.45) is 0. The third kappa shape index (κ3) is 2.35. The Morgan fingerprint density at radius 1 is 0.842 bits per heavy atom. The van der Waals surface area contributed by atoms with Crippen LogP contribution in [0.25, 0.3) is 10.8 Å². The molecule has 0 fully saturated rings. The molecule has 0 amide bonds. The van der Waals surface area contributed by atoms with E-state index in [1.165, 1.54) is 0 Å². The van der Waals surface area contributed by atoms with Crippen molar-refractivity contribution in [1.29, 1.82) is 0 Å². The summed E-state index contributed by atoms with van der Waals surface area (Å²) in [5.41, 5.74) is 0. The Labute approximate surface area is 115 Å². The van der Waals surface area contributed by atoms with Crippen molar-refractivity contribution in [3.63, 3.8) is 0 Å². The second-order valence-electron chi connectivity index (χ2n) is 4.19. The van der Waals surface area contributed by atoms with Crippen molar-refractivity contribution >= 4 is 22.4 Å². The average Bonchev–Trinajstić information content (AvgIpc) is 2.41. The maximum Gasteiger partial charge on any atom is 0.169 e. The maximum atomic E-state index is 9.74. The van der Waals surface area contributed by atoms with E-state index in [0.29, 0.717) is 16.5 Å². The summed E-state index contributed by atoms with van der Waals surface area (Å²) in [5, 5.41) is 12.4. The van der Waals surface area contributed by atoms with E-state index in [4.69, 9.17) is 16.3 Å². The summed E-state index contributed by atoms with van der Waals surface area (Å²) in [4.78, 5) is 0. The molecule has 3 aromatic carbocycles. The van der Waals surface area contributed by atoms with Crippen LogP contribution in [-0.2, 0) is 0 Å². The molecule has 0 aliphatic heterocycles. The summed E-state index contributed by atoms with van der Waals surface area (Å²) >= 11 is 5.98. The van der Waals surface area contributed by atoms with E-state index in [1.807, 2.05) is 42.5 Å². The number of aromatic hydroxyl groups is 1. The van der Waals surface area contributed by atoms with Crippen molar-refractivity contribution in [2.24, 2.45) is 0 Å². The summed E-state index contributed by atoms with van der Waals surface area (Å²) < 4.78 is 5.77. The molecule has 0 aromatic heterocycles. The zero-order chi connectivity index (χ0) is 13.2. The van der Waals surface area contributed by atoms with Crippen molar-refractivity contribution in [1.82, 2.24) is 0 Å². The van der Waals surface area contributed by atoms with Gasteiger partial charge >= 0.3 is 0 Å². The fraction of sp³-hybridized carbons (Fsp3) is 0. The van der Waals surface area contributed by atoms with Gasteiger partial charge in [0.2, 0.25) is 0 Å². The van der Waals surface area contributed by atoms with E-state index < -0.39 is 0 Å². The number of phenols is 1. The van der Waals surface area contributed by atoms with Crippen LogP contribution in [0.15, 0.2) is 60.7 Å². The number of phenolic OH excluding ortho intramolecular Hbond substituents is 1. The predicted octanol–water partition coefficient (Wildman–Crippen LogP) is 4.99. The number of rotatable bonds is 2. The van der Waals surface area contributed by atoms with E-state index >= 15 is 0 Å². The van der Waals surface area contributed by atoms with Crippen molar-refractivity contribution in [2.45, 2.75) is 0 Å². The lowest BCUT2D eigenvalue weighted by Crippen LogP contribution is -1.86. The van der Waals surface area contributed by atoms with Gasteiger partial charge in [0.1, 0.15) is 5.75 Å². The largest absolute Gasteiger partial charge is 0.504 e. The molecule has 0 aliphatic carbocycles. The van der Waals surface area contributed by atoms with Gasteiger partial charge < -0.3 is 9.84 Å². The lowest BCUT2D eigenvalue weighted by molar-refractivity contribution is 0.413. The Morgan fingerprint density at radius 2 is 1.63 bits per heavy atom. The van der Waals surface area contributed by atoms with Crippen molar-refractivity contribution in [3.8, 4) is 17.2 Å². The highest BCUT2D eigenvalue weighted by Gasteiger charge is 2.06. The van der Waals surface area contributed by atoms with Crippen LogP contribution in [0, 0.1) is 0 Å². The van der Waals surface area contributed by atoms with Gasteiger partial charge in [0.05, 0.1) is 0 Å². The minimum Gasteiger partial charge on any atom is -0.504 e. The van der Waals surface area contributed by atoms with Gasteiger partial charge in [0.25, 0.3) is 0 Å². The molecule has 2 nitrogen and oxygen atoms in total. The molecule has 0 saturated carbocycles. The molecule has 0 spiro atoms. The van der Waals surface area contributed by atoms with Crippen LogP contribution < -0.4 is 4.74 Å². The summed E-state index contributed by atoms with van der Waals surface area (Å²) in [6.45, 7) is 0. The highest BCUT2D eigenvalue weighted by Crippen LogP contribution is 2.34. The molecule has 3 rings (SSSR count). The van der Waals surface area contributed by atoms with E-state index in [-0.39, 0.29) is 5.75 Å². The zero-order valence-corrected chi connectivity index (χ0v) is 10.8. The summed E-state index contributed by atoms with van der Waals surface area (Å²) in [5.74, 6) is 1.24. The molecule has 0 unspecified atom stereocenters. The Kier molecular flexibility index (Phi) is 3.02. The molecule has 0 atom stereocenters. The quantitative estimate of drug-likeness (QED) is 0.711. The molecule has 0 radical (unpaired) electrons. The third-order valence-electron chi connectivity index (χ3n) is 2.89. The topological polar surface area (TPSA) is 29.5 Å². The van der Waals surface area contributed by atoms with Crippen LogP contribution in [0.2, 0.25) is 5.02 Å². The van der Waals surface area contributed by atoms with Crippen LogP contribution in [0.4, 0.5) is 0 Å². The van der Waals surface area contributed by atoms with Gasteiger partial charge in [-0.3, -0.25) is 0 Å². The van der Waals surface area contributed by atoms with Crippen LogP contribution >= 0.6 is 11.6 Å². The first-order valence-electron chi connectivity index (χ1n) is 5.88. The third-order valence-corrected chi connectivity index (χ3v) is 3.12. The zero-order valence-electron chi connectivity index (χ0n) is 10.0. The van der Waals surface area contributed by atoms with Crippen LogP contribution in [0.1, 0.15) is 0 Å². The number of para-hydroxylation sites is 2. The first kappa shape index (κ1) is 11.9. The Hall–Kier alpha value is -2.19. The number of fused-ring (bicyclic) bond motifs is 1. The van der Waals surface area contributed by atoms with Gasteiger partial charge in [-0.25, -0.2) is 0 Å². The maximum absolute atomic E-state index is 9.74. The van der Waals surface area contributed by atoms with Gasteiger partial charge in [0.15, 0.2) is 11.5 Å². The van der Waals surface area contributed by atoms with Gasteiger partial charge in [-0.2, -0.15) is 0 Å². The number of hydrogen-bond donors (Lipinski definition) is 1. The molecule has 0 saturated heterocycles. The average molecular weight is 271 g/mol. The second kappa shape index (κ2) is 4.82. The fourth-order valence-corrected chi connectivity index (χ4v) is 2.16. The number of ether oxygens (including phenoxy) is 1. The fourth-order valence-electron chi connectivity index (χ4n) is 1.98. The summed E-state index contributed by atoms with van der Waals surface area (Å²) in [7, 11) is 0. The SMILES string of the molecule is Oc1ccccc1Oc1cccc2cc(Cl)ccc12. The minimum atomic E-state index is 0.119. The van der Waals surface area contributed by atoms with Gasteiger partial charge in [0, 0.05) is 10.4 Å². The molecule has 1 N–H and O–H groups in total. The van der Waals surface area contributed by atoms with E-state index in [9.17, 15) is 5.11 Å². The Balaban J connectivity index is 2.09. The Bertz CT molecular complexity index is 738. The van der Waals surface area contributed by atoms with Crippen molar-refractivity contribution in [2.75, 3.05) is 0 Å². The Morgan fingerprint density at radius 3 is 2.47 bits per heavy atom. The molecule has 3 heteroatoms. The smallest absolute Gasteiger partial charge is 0.169 e. The molecule has 3 aromatic rings. The molecule has 0 bridgehead atoms. The lowest BCUT2D eigenvalue weighted by Gasteiger charge is -2.10. The van der Waals surface area contributed by atoms with Crippen molar-refractivity contribution < 1.29 is 9.84 Å². The van der Waals surface area contributed by atoms with Gasteiger partial charge in [-0.15, -0.1) is 0 Å². The monoisotopic (exact) mass is 270 g/mol. The van der Waals surface area contributed by atoms with E-state index in [1.54, 1.807) is 18.2 Å². The standard InChI is InChI=1S/C16H11ClO2/c17-12-8-9-13-11(10-12)4-3-7-15(13)19-16-6-2-1-5-14(16)18/h1-10,18H. The first-order valence-corrected chi connectivity index (χ1v) is 6.26. The lowest BCUT2D eigenvalue weighted by atomic mass is 10.1. The van der Waals surface area contributed by atoms with E-state index in [0.717, 1.165) is 10.8 Å². The second-order valence-corrected chi connectivity index (χ2v) is 4.63. The summed E-state index contributed by atoms with van der Waals surface area (Å²) in [6, 6.07) is 18.2. The van der Waals surface area contributed by atoms with Crippen molar-refractivity contribution in [3.05, 3.63) is 65.7 Å². The van der Waals surface area contributed by atoms with Crippen LogP contribution in [-0.4, -0.2) is 5.11 Å². The highest BCUT2D eigenvalue weighted by atomic mass is 35.5. The molecule has 19 heavy (non-hydrogen) atoms. The molecular formula is C16H11ClO2. The van der Waals surface area contributed by atoms with Gasteiger partial charge in [-0.05, 0) is 41.8 Å².